The Morgan fingerprint density at radius 1 is 0.762 bits per heavy atom. The van der Waals surface area contributed by atoms with Crippen molar-refractivity contribution in [1.82, 2.24) is 19.4 Å². The van der Waals surface area contributed by atoms with Crippen LogP contribution < -0.4 is 4.74 Å². The van der Waals surface area contributed by atoms with E-state index in [1.54, 1.807) is 6.33 Å². The number of ether oxygens (including phenoxy) is 1. The van der Waals surface area contributed by atoms with E-state index in [9.17, 15) is 0 Å². The van der Waals surface area contributed by atoms with Gasteiger partial charge < -0.3 is 14.1 Å². The Morgan fingerprint density at radius 2 is 1.55 bits per heavy atom. The van der Waals surface area contributed by atoms with Crippen molar-refractivity contribution < 1.29 is 25.8 Å². The van der Waals surface area contributed by atoms with Gasteiger partial charge in [0.1, 0.15) is 6.33 Å². The number of hydrogen-bond acceptors (Lipinski definition) is 4. The van der Waals surface area contributed by atoms with Gasteiger partial charge >= 0.3 is 21.1 Å². The first-order valence-electron chi connectivity index (χ1n) is 14.0. The fourth-order valence-corrected chi connectivity index (χ4v) is 5.70. The molecule has 0 amide bonds. The fourth-order valence-electron chi connectivity index (χ4n) is 5.70. The second-order valence-corrected chi connectivity index (χ2v) is 13.0. The molecule has 0 aliphatic heterocycles. The molecular weight excluding hydrogens is 700 g/mol. The summed E-state index contributed by atoms with van der Waals surface area (Å²) in [5.74, 6) is 1.25. The van der Waals surface area contributed by atoms with Crippen LogP contribution in [0.15, 0.2) is 67.1 Å². The first-order valence-corrected chi connectivity index (χ1v) is 14.0. The van der Waals surface area contributed by atoms with E-state index in [-0.39, 0.29) is 31.9 Å². The number of pyridine rings is 2. The number of fused-ring (bicyclic) bond motifs is 3. The van der Waals surface area contributed by atoms with Gasteiger partial charge in [0.25, 0.3) is 0 Å². The monoisotopic (exact) mass is 731 g/mol. The maximum atomic E-state index is 6.52. The van der Waals surface area contributed by atoms with Crippen LogP contribution in [0, 0.1) is 19.1 Å². The summed E-state index contributed by atoms with van der Waals surface area (Å²) in [5, 5.41) is 3.13. The van der Waals surface area contributed by atoms with Gasteiger partial charge in [-0.05, 0) is 58.1 Å². The number of benzene rings is 3. The van der Waals surface area contributed by atoms with Crippen LogP contribution in [0.5, 0.6) is 11.5 Å². The molecule has 42 heavy (non-hydrogen) atoms. The Morgan fingerprint density at radius 3 is 2.31 bits per heavy atom. The minimum Gasteiger partial charge on any atom is -0.497 e. The van der Waals surface area contributed by atoms with Crippen LogP contribution in [-0.2, 0) is 31.9 Å². The number of aryl methyl sites for hydroxylation is 1. The van der Waals surface area contributed by atoms with E-state index in [4.69, 9.17) is 14.7 Å². The number of rotatable bonds is 3. The largest absolute Gasteiger partial charge is 2.00 e. The summed E-state index contributed by atoms with van der Waals surface area (Å²) < 4.78 is 8.80. The van der Waals surface area contributed by atoms with Gasteiger partial charge in [-0.3, -0.25) is 4.98 Å². The van der Waals surface area contributed by atoms with E-state index < -0.39 is 0 Å². The smallest absolute Gasteiger partial charge is 0.497 e. The molecule has 6 heteroatoms. The van der Waals surface area contributed by atoms with Gasteiger partial charge in [0.2, 0.25) is 0 Å². The van der Waals surface area contributed by atoms with Crippen molar-refractivity contribution in [2.24, 2.45) is 0 Å². The molecule has 0 saturated carbocycles. The van der Waals surface area contributed by atoms with Crippen molar-refractivity contribution in [3.63, 3.8) is 0 Å². The molecule has 7 aromatic rings. The van der Waals surface area contributed by atoms with E-state index in [0.29, 0.717) is 11.5 Å². The molecule has 7 rings (SSSR count). The Bertz CT molecular complexity index is 2110. The summed E-state index contributed by atoms with van der Waals surface area (Å²) in [7, 11) is 0. The van der Waals surface area contributed by atoms with E-state index in [1.165, 1.54) is 10.9 Å². The SMILES string of the molecule is Cc1cc2ccc3ncnc4c5[c-]c(Oc6[c-]c(-c7cc(C(C)(C)C)ccn7)cc(C(C)(C)C)c6)ccc5n1c2c34.[Pt+2]. The van der Waals surface area contributed by atoms with Crippen molar-refractivity contribution in [3.05, 3.63) is 96.1 Å². The molecule has 0 unspecified atom stereocenters. The van der Waals surface area contributed by atoms with E-state index in [2.05, 4.69) is 119 Å². The molecule has 0 saturated heterocycles. The third-order valence-corrected chi connectivity index (χ3v) is 7.96. The molecule has 0 N–H and O–H groups in total. The molecule has 4 heterocycles. The van der Waals surface area contributed by atoms with Crippen LogP contribution in [0.1, 0.15) is 58.4 Å². The average Bonchev–Trinajstić information content (AvgIpc) is 3.28. The molecule has 4 aromatic heterocycles. The van der Waals surface area contributed by atoms with Gasteiger partial charge in [-0.1, -0.05) is 83.3 Å². The van der Waals surface area contributed by atoms with Gasteiger partial charge in [-0.2, -0.15) is 0 Å². The van der Waals surface area contributed by atoms with Gasteiger partial charge in [-0.15, -0.1) is 23.3 Å². The maximum Gasteiger partial charge on any atom is 2.00 e. The Labute approximate surface area is 260 Å². The minimum atomic E-state index is -0.0865. The number of aromatic nitrogens is 4. The Kier molecular flexibility index (Phi) is 6.66. The second kappa shape index (κ2) is 9.88. The molecule has 212 valence electrons. The molecule has 0 radical (unpaired) electrons. The van der Waals surface area contributed by atoms with Crippen molar-refractivity contribution in [3.8, 4) is 22.8 Å². The summed E-state index contributed by atoms with van der Waals surface area (Å²) >= 11 is 0. The topological polar surface area (TPSA) is 52.3 Å². The Balaban J connectivity index is 0.00000316. The van der Waals surface area contributed by atoms with Crippen LogP contribution in [0.4, 0.5) is 0 Å². The molecule has 0 aliphatic rings. The van der Waals surface area contributed by atoms with Gasteiger partial charge in [0.15, 0.2) is 0 Å². The molecule has 0 bridgehead atoms. The summed E-state index contributed by atoms with van der Waals surface area (Å²) in [4.78, 5) is 14.0. The van der Waals surface area contributed by atoms with Crippen molar-refractivity contribution in [1.29, 1.82) is 0 Å². The standard InChI is InChI=1S/C36H32N4O.Pt/c1-21-14-22-8-10-29-32-33(39-20-38-29)28-19-26(9-11-31(28)40(21)34(22)32)41-27-16-23(15-25(17-27)36(5,6)7)30-18-24(12-13-37-30)35(2,3)4;/h8-15,17-18,20H,1-7H3;/q-2;+2. The zero-order valence-electron chi connectivity index (χ0n) is 24.9. The first-order chi connectivity index (χ1) is 19.5. The Hall–Kier alpha value is -3.82. The van der Waals surface area contributed by atoms with Crippen molar-refractivity contribution in [2.75, 3.05) is 0 Å². The summed E-state index contributed by atoms with van der Waals surface area (Å²) in [6, 6.07) is 26.0. The first kappa shape index (κ1) is 28.3. The van der Waals surface area contributed by atoms with Gasteiger partial charge in [0.05, 0.1) is 5.52 Å². The zero-order chi connectivity index (χ0) is 28.7. The van der Waals surface area contributed by atoms with Crippen LogP contribution >= 0.6 is 0 Å². The predicted octanol–water partition coefficient (Wildman–Crippen LogP) is 8.98. The minimum absolute atomic E-state index is 0. The van der Waals surface area contributed by atoms with Crippen LogP contribution in [0.2, 0.25) is 0 Å². The fraction of sp³-hybridized carbons (Fsp3) is 0.250. The summed E-state index contributed by atoms with van der Waals surface area (Å²) in [6.45, 7) is 15.4. The molecule has 0 fully saturated rings. The maximum absolute atomic E-state index is 6.52. The van der Waals surface area contributed by atoms with Crippen LogP contribution in [0.3, 0.4) is 0 Å². The third-order valence-electron chi connectivity index (χ3n) is 7.96. The molecular formula is C36H32N4OPt. The van der Waals surface area contributed by atoms with E-state index in [1.807, 2.05) is 12.3 Å². The number of nitrogens with zero attached hydrogens (tertiary/aromatic N) is 4. The van der Waals surface area contributed by atoms with E-state index in [0.717, 1.165) is 55.4 Å². The summed E-state index contributed by atoms with van der Waals surface area (Å²) in [6.07, 6.45) is 3.51. The summed E-state index contributed by atoms with van der Waals surface area (Å²) in [5.41, 5.74) is 9.26. The normalized spacial score (nSPS) is 12.5. The molecule has 0 spiro atoms. The predicted molar refractivity (Wildman–Crippen MR) is 166 cm³/mol. The second-order valence-electron chi connectivity index (χ2n) is 13.0. The quantitative estimate of drug-likeness (QED) is 0.104. The van der Waals surface area contributed by atoms with E-state index >= 15 is 0 Å². The third kappa shape index (κ3) is 4.64. The average molecular weight is 732 g/mol. The zero-order valence-corrected chi connectivity index (χ0v) is 27.1. The van der Waals surface area contributed by atoms with Crippen LogP contribution in [-0.4, -0.2) is 19.4 Å². The van der Waals surface area contributed by atoms with Crippen molar-refractivity contribution >= 4 is 38.2 Å². The molecule has 0 atom stereocenters. The molecule has 5 nitrogen and oxygen atoms in total. The van der Waals surface area contributed by atoms with Crippen molar-refractivity contribution in [2.45, 2.75) is 59.3 Å². The number of hydrogen-bond donors (Lipinski definition) is 0. The van der Waals surface area contributed by atoms with Crippen LogP contribution in [0.25, 0.3) is 49.5 Å². The van der Waals surface area contributed by atoms with Gasteiger partial charge in [0, 0.05) is 39.8 Å². The molecule has 0 aliphatic carbocycles. The molecule has 3 aromatic carbocycles. The van der Waals surface area contributed by atoms with Gasteiger partial charge in [-0.25, -0.2) is 4.98 Å².